The van der Waals surface area contributed by atoms with Crippen molar-refractivity contribution in [3.63, 3.8) is 0 Å². The van der Waals surface area contributed by atoms with Crippen molar-refractivity contribution >= 4 is 28.9 Å². The fourth-order valence-corrected chi connectivity index (χ4v) is 3.29. The summed E-state index contributed by atoms with van der Waals surface area (Å²) in [6.07, 6.45) is 0. The molecule has 0 fully saturated rings. The van der Waals surface area contributed by atoms with Gasteiger partial charge in [0.05, 0.1) is 0 Å². The lowest BCUT2D eigenvalue weighted by Crippen LogP contribution is -1.93. The number of Topliss-reactive ketones (excluding diaryl/α,β-unsaturated/α-hetero) is 1. The van der Waals surface area contributed by atoms with Crippen LogP contribution in [0.4, 0.5) is 0 Å². The van der Waals surface area contributed by atoms with Gasteiger partial charge in [0, 0.05) is 28.0 Å². The summed E-state index contributed by atoms with van der Waals surface area (Å²) in [5.41, 5.74) is 2.39. The average molecular weight is 279 g/mol. The van der Waals surface area contributed by atoms with E-state index >= 15 is 0 Å². The van der Waals surface area contributed by atoms with Crippen molar-refractivity contribution in [3.8, 4) is 5.75 Å². The van der Waals surface area contributed by atoms with E-state index in [-0.39, 0.29) is 11.5 Å². The van der Waals surface area contributed by atoms with E-state index in [0.29, 0.717) is 11.3 Å². The maximum absolute atomic E-state index is 11.3. The van der Waals surface area contributed by atoms with Crippen LogP contribution in [0.1, 0.15) is 28.5 Å². The minimum absolute atomic E-state index is 0.00587. The Morgan fingerprint density at radius 3 is 2.89 bits per heavy atom. The topological polar surface area (TPSA) is 50.2 Å². The summed E-state index contributed by atoms with van der Waals surface area (Å²) in [4.78, 5) is 15.6. The van der Waals surface area contributed by atoms with E-state index in [2.05, 4.69) is 4.98 Å². The van der Waals surface area contributed by atoms with Gasteiger partial charge in [0.15, 0.2) is 5.78 Å². The molecular formula is C13H13NO2S2. The molecule has 0 amide bonds. The predicted molar refractivity (Wildman–Crippen MR) is 74.5 cm³/mol. The largest absolute Gasteiger partial charge is 0.508 e. The highest BCUT2D eigenvalue weighted by molar-refractivity contribution is 8.00. The number of phenolic OH excluding ortho intramolecular Hbond substituents is 1. The number of thiazole rings is 1. The molecule has 0 aliphatic carbocycles. The van der Waals surface area contributed by atoms with Crippen molar-refractivity contribution in [1.29, 1.82) is 0 Å². The Morgan fingerprint density at radius 1 is 1.50 bits per heavy atom. The first kappa shape index (κ1) is 13.1. The van der Waals surface area contributed by atoms with Gasteiger partial charge in [0.25, 0.3) is 0 Å². The number of carbonyl (C=O) groups excluding carboxylic acids is 1. The molecule has 1 heterocycles. The summed E-state index contributed by atoms with van der Waals surface area (Å²) < 4.78 is 0.972. The first-order chi connectivity index (χ1) is 8.56. The van der Waals surface area contributed by atoms with Crippen LogP contribution in [0.3, 0.4) is 0 Å². The van der Waals surface area contributed by atoms with Gasteiger partial charge in [-0.05, 0) is 32.0 Å². The Hall–Kier alpha value is -1.33. The van der Waals surface area contributed by atoms with Gasteiger partial charge in [0.1, 0.15) is 10.1 Å². The third-order valence-electron chi connectivity index (χ3n) is 2.44. The molecule has 1 N–H and O–H groups in total. The molecule has 2 rings (SSSR count). The van der Waals surface area contributed by atoms with E-state index in [1.165, 1.54) is 6.92 Å². The van der Waals surface area contributed by atoms with E-state index in [9.17, 15) is 9.90 Å². The Morgan fingerprint density at radius 2 is 2.28 bits per heavy atom. The van der Waals surface area contributed by atoms with Gasteiger partial charge in [-0.3, -0.25) is 4.79 Å². The van der Waals surface area contributed by atoms with E-state index in [1.54, 1.807) is 41.3 Å². The molecule has 2 aromatic rings. The minimum atomic E-state index is 0.00587. The average Bonchev–Trinajstić information content (AvgIpc) is 2.74. The second-order valence-corrected chi connectivity index (χ2v) is 6.02. The monoisotopic (exact) mass is 279 g/mol. The molecule has 0 saturated carbocycles. The molecule has 0 spiro atoms. The fourth-order valence-electron chi connectivity index (χ4n) is 1.46. The number of rotatable bonds is 4. The van der Waals surface area contributed by atoms with Crippen molar-refractivity contribution in [3.05, 3.63) is 40.4 Å². The van der Waals surface area contributed by atoms with Crippen LogP contribution in [0.15, 0.2) is 27.9 Å². The van der Waals surface area contributed by atoms with E-state index in [4.69, 9.17) is 0 Å². The van der Waals surface area contributed by atoms with Gasteiger partial charge in [-0.2, -0.15) is 0 Å². The number of phenols is 1. The molecule has 0 atom stereocenters. The van der Waals surface area contributed by atoms with Crippen LogP contribution in [-0.2, 0) is 5.75 Å². The molecule has 0 radical (unpaired) electrons. The van der Waals surface area contributed by atoms with Crippen molar-refractivity contribution < 1.29 is 9.90 Å². The van der Waals surface area contributed by atoms with Crippen molar-refractivity contribution in [2.24, 2.45) is 0 Å². The second kappa shape index (κ2) is 5.54. The number of hydrogen-bond acceptors (Lipinski definition) is 5. The Balaban J connectivity index is 2.13. The number of hydrogen-bond donors (Lipinski definition) is 1. The van der Waals surface area contributed by atoms with E-state index in [0.717, 1.165) is 15.6 Å². The lowest BCUT2D eigenvalue weighted by atomic mass is 10.1. The Labute approximate surface area is 114 Å². The van der Waals surface area contributed by atoms with Crippen LogP contribution >= 0.6 is 23.1 Å². The molecule has 94 valence electrons. The van der Waals surface area contributed by atoms with E-state index in [1.807, 2.05) is 12.3 Å². The zero-order valence-corrected chi connectivity index (χ0v) is 11.8. The molecule has 3 nitrogen and oxygen atoms in total. The minimum Gasteiger partial charge on any atom is -0.508 e. The SMILES string of the molecule is CC(=O)c1ccc(O)c(CSc2nc(C)cs2)c1. The summed E-state index contributed by atoms with van der Waals surface area (Å²) in [7, 11) is 0. The number of aryl methyl sites for hydroxylation is 1. The molecule has 1 aromatic heterocycles. The van der Waals surface area contributed by atoms with Gasteiger partial charge in [-0.15, -0.1) is 11.3 Å². The van der Waals surface area contributed by atoms with Crippen LogP contribution in [0.2, 0.25) is 0 Å². The molecular weight excluding hydrogens is 266 g/mol. The Kier molecular flexibility index (Phi) is 4.04. The maximum atomic E-state index is 11.3. The van der Waals surface area contributed by atoms with Crippen molar-refractivity contribution in [2.45, 2.75) is 23.9 Å². The number of aromatic nitrogens is 1. The summed E-state index contributed by atoms with van der Waals surface area (Å²) in [6, 6.07) is 4.95. The van der Waals surface area contributed by atoms with Gasteiger partial charge in [0.2, 0.25) is 0 Å². The summed E-state index contributed by atoms with van der Waals surface area (Å²) >= 11 is 3.15. The smallest absolute Gasteiger partial charge is 0.159 e. The third kappa shape index (κ3) is 3.11. The van der Waals surface area contributed by atoms with Gasteiger partial charge in [-0.1, -0.05) is 11.8 Å². The number of ketones is 1. The molecule has 0 unspecified atom stereocenters. The fraction of sp³-hybridized carbons (Fsp3) is 0.231. The highest BCUT2D eigenvalue weighted by atomic mass is 32.2. The van der Waals surface area contributed by atoms with Crippen LogP contribution in [0.5, 0.6) is 5.75 Å². The molecule has 5 heteroatoms. The lowest BCUT2D eigenvalue weighted by molar-refractivity contribution is 0.101. The van der Waals surface area contributed by atoms with Gasteiger partial charge >= 0.3 is 0 Å². The van der Waals surface area contributed by atoms with Crippen LogP contribution < -0.4 is 0 Å². The highest BCUT2D eigenvalue weighted by Crippen LogP contribution is 2.30. The zero-order chi connectivity index (χ0) is 13.1. The normalized spacial score (nSPS) is 10.6. The van der Waals surface area contributed by atoms with E-state index < -0.39 is 0 Å². The molecule has 0 aliphatic rings. The summed E-state index contributed by atoms with van der Waals surface area (Å²) in [5, 5.41) is 11.8. The quantitative estimate of drug-likeness (QED) is 0.685. The summed E-state index contributed by atoms with van der Waals surface area (Å²) in [6.45, 7) is 3.47. The van der Waals surface area contributed by atoms with Crippen molar-refractivity contribution in [2.75, 3.05) is 0 Å². The first-order valence-electron chi connectivity index (χ1n) is 5.44. The van der Waals surface area contributed by atoms with Gasteiger partial charge in [-0.25, -0.2) is 4.98 Å². The molecule has 0 bridgehead atoms. The number of benzene rings is 1. The number of carbonyl (C=O) groups is 1. The van der Waals surface area contributed by atoms with Gasteiger partial charge < -0.3 is 5.11 Å². The Bertz CT molecular complexity index is 578. The standard InChI is InChI=1S/C13H13NO2S2/c1-8-6-17-13(14-8)18-7-11-5-10(9(2)15)3-4-12(11)16/h3-6,16H,7H2,1-2H3. The number of nitrogens with zero attached hydrogens (tertiary/aromatic N) is 1. The second-order valence-electron chi connectivity index (χ2n) is 3.94. The number of thioether (sulfide) groups is 1. The maximum Gasteiger partial charge on any atom is 0.159 e. The molecule has 1 aromatic carbocycles. The number of aromatic hydroxyl groups is 1. The lowest BCUT2D eigenvalue weighted by Gasteiger charge is -2.05. The zero-order valence-electron chi connectivity index (χ0n) is 10.1. The molecule has 0 saturated heterocycles. The van der Waals surface area contributed by atoms with Crippen LogP contribution in [0.25, 0.3) is 0 Å². The van der Waals surface area contributed by atoms with Crippen LogP contribution in [0, 0.1) is 6.92 Å². The van der Waals surface area contributed by atoms with Crippen LogP contribution in [-0.4, -0.2) is 15.9 Å². The molecule has 0 aliphatic heterocycles. The third-order valence-corrected chi connectivity index (χ3v) is 4.62. The molecule has 18 heavy (non-hydrogen) atoms. The van der Waals surface area contributed by atoms with Crippen molar-refractivity contribution in [1.82, 2.24) is 4.98 Å². The first-order valence-corrected chi connectivity index (χ1v) is 7.30. The predicted octanol–water partition coefficient (Wildman–Crippen LogP) is 3.65. The summed E-state index contributed by atoms with van der Waals surface area (Å²) in [5.74, 6) is 0.840. The highest BCUT2D eigenvalue weighted by Gasteiger charge is 2.07.